The minimum Gasteiger partial charge on any atom is -0.445 e. The molecule has 1 fully saturated rings. The molecule has 4 heteroatoms. The standard InChI is InChI=1S/C17H25NO3/c1-13-10-15(21-17(2,3)4)11-18(13)16(19)20-12-14-8-6-5-7-9-14/h5-9,13,15H,10-12H2,1-4H3. The number of rotatable bonds is 3. The van der Waals surface area contributed by atoms with E-state index in [2.05, 4.69) is 0 Å². The summed E-state index contributed by atoms with van der Waals surface area (Å²) in [5.74, 6) is 0. The lowest BCUT2D eigenvalue weighted by atomic mass is 10.1. The maximum atomic E-state index is 12.2. The molecule has 116 valence electrons. The second kappa shape index (κ2) is 6.48. The van der Waals surface area contributed by atoms with Crippen LogP contribution in [0.3, 0.4) is 0 Å². The predicted octanol–water partition coefficient (Wildman–Crippen LogP) is 3.60. The third-order valence-corrected chi connectivity index (χ3v) is 3.50. The molecule has 2 rings (SSSR count). The van der Waals surface area contributed by atoms with E-state index in [9.17, 15) is 4.79 Å². The van der Waals surface area contributed by atoms with Crippen LogP contribution < -0.4 is 0 Å². The fourth-order valence-corrected chi connectivity index (χ4v) is 2.62. The lowest BCUT2D eigenvalue weighted by Gasteiger charge is -2.25. The van der Waals surface area contributed by atoms with E-state index < -0.39 is 0 Å². The van der Waals surface area contributed by atoms with Crippen LogP contribution in [0.4, 0.5) is 4.79 Å². The van der Waals surface area contributed by atoms with Crippen LogP contribution in [0, 0.1) is 0 Å². The molecule has 2 atom stereocenters. The van der Waals surface area contributed by atoms with Crippen molar-refractivity contribution >= 4 is 6.09 Å². The summed E-state index contributed by atoms with van der Waals surface area (Å²) >= 11 is 0. The molecule has 1 aliphatic rings. The first-order chi connectivity index (χ1) is 9.85. The summed E-state index contributed by atoms with van der Waals surface area (Å²) in [5.41, 5.74) is 0.814. The van der Waals surface area contributed by atoms with Crippen molar-refractivity contribution in [1.29, 1.82) is 0 Å². The molecule has 0 bridgehead atoms. The summed E-state index contributed by atoms with van der Waals surface area (Å²) in [6.07, 6.45) is 0.688. The van der Waals surface area contributed by atoms with Gasteiger partial charge in [0.1, 0.15) is 6.61 Å². The van der Waals surface area contributed by atoms with Gasteiger partial charge >= 0.3 is 6.09 Å². The van der Waals surface area contributed by atoms with Crippen LogP contribution in [-0.4, -0.2) is 35.3 Å². The monoisotopic (exact) mass is 291 g/mol. The van der Waals surface area contributed by atoms with Crippen molar-refractivity contribution in [2.75, 3.05) is 6.54 Å². The van der Waals surface area contributed by atoms with Crippen molar-refractivity contribution < 1.29 is 14.3 Å². The summed E-state index contributed by atoms with van der Waals surface area (Å²) in [5, 5.41) is 0. The van der Waals surface area contributed by atoms with Crippen molar-refractivity contribution in [3.63, 3.8) is 0 Å². The first-order valence-electron chi connectivity index (χ1n) is 7.50. The molecule has 1 amide bonds. The first kappa shape index (κ1) is 15.8. The van der Waals surface area contributed by atoms with Crippen LogP contribution in [-0.2, 0) is 16.1 Å². The van der Waals surface area contributed by atoms with E-state index in [0.717, 1.165) is 12.0 Å². The number of hydrogen-bond donors (Lipinski definition) is 0. The number of ether oxygens (including phenoxy) is 2. The predicted molar refractivity (Wildman–Crippen MR) is 82.0 cm³/mol. The molecule has 2 unspecified atom stereocenters. The second-order valence-corrected chi connectivity index (χ2v) is 6.63. The average Bonchev–Trinajstić information content (AvgIpc) is 2.76. The maximum absolute atomic E-state index is 12.2. The Morgan fingerprint density at radius 2 is 1.95 bits per heavy atom. The van der Waals surface area contributed by atoms with Gasteiger partial charge in [0.2, 0.25) is 0 Å². The third kappa shape index (κ3) is 4.74. The zero-order valence-corrected chi connectivity index (χ0v) is 13.3. The molecule has 1 aromatic carbocycles. The van der Waals surface area contributed by atoms with Crippen molar-refractivity contribution in [2.24, 2.45) is 0 Å². The molecular weight excluding hydrogens is 266 g/mol. The molecule has 1 saturated heterocycles. The van der Waals surface area contributed by atoms with Crippen LogP contribution in [0.5, 0.6) is 0 Å². The van der Waals surface area contributed by atoms with Gasteiger partial charge in [-0.25, -0.2) is 4.79 Å². The van der Waals surface area contributed by atoms with Crippen LogP contribution in [0.2, 0.25) is 0 Å². The summed E-state index contributed by atoms with van der Waals surface area (Å²) in [7, 11) is 0. The normalized spacial score (nSPS) is 22.4. The molecular formula is C17H25NO3. The molecule has 1 aromatic rings. The fourth-order valence-electron chi connectivity index (χ4n) is 2.62. The molecule has 1 heterocycles. The number of benzene rings is 1. The van der Waals surface area contributed by atoms with Gasteiger partial charge in [0.15, 0.2) is 0 Å². The molecule has 0 saturated carbocycles. The van der Waals surface area contributed by atoms with E-state index in [-0.39, 0.29) is 23.8 Å². The molecule has 0 spiro atoms. The van der Waals surface area contributed by atoms with Gasteiger partial charge in [-0.15, -0.1) is 0 Å². The number of nitrogens with zero attached hydrogens (tertiary/aromatic N) is 1. The van der Waals surface area contributed by atoms with E-state index in [1.807, 2.05) is 58.0 Å². The minimum atomic E-state index is -0.258. The number of carbonyl (C=O) groups excluding carboxylic acids is 1. The van der Waals surface area contributed by atoms with Crippen molar-refractivity contribution in [2.45, 2.75) is 58.5 Å². The number of carbonyl (C=O) groups is 1. The number of hydrogen-bond acceptors (Lipinski definition) is 3. The van der Waals surface area contributed by atoms with Crippen molar-refractivity contribution in [3.05, 3.63) is 35.9 Å². The van der Waals surface area contributed by atoms with E-state index in [1.165, 1.54) is 0 Å². The second-order valence-electron chi connectivity index (χ2n) is 6.63. The van der Waals surface area contributed by atoms with E-state index >= 15 is 0 Å². The molecule has 0 aromatic heterocycles. The van der Waals surface area contributed by atoms with Gasteiger partial charge in [0.25, 0.3) is 0 Å². The van der Waals surface area contributed by atoms with E-state index in [1.54, 1.807) is 4.90 Å². The lowest BCUT2D eigenvalue weighted by Crippen LogP contribution is -2.36. The smallest absolute Gasteiger partial charge is 0.410 e. The number of likely N-dealkylation sites (tertiary alicyclic amines) is 1. The summed E-state index contributed by atoms with van der Waals surface area (Å²) < 4.78 is 11.4. The highest BCUT2D eigenvalue weighted by molar-refractivity contribution is 5.68. The number of amides is 1. The Kier molecular flexibility index (Phi) is 4.88. The Morgan fingerprint density at radius 3 is 2.57 bits per heavy atom. The summed E-state index contributed by atoms with van der Waals surface area (Å²) in [6, 6.07) is 9.88. The van der Waals surface area contributed by atoms with Gasteiger partial charge in [-0.05, 0) is 39.7 Å². The summed E-state index contributed by atoms with van der Waals surface area (Å²) in [6.45, 7) is 9.06. The first-order valence-corrected chi connectivity index (χ1v) is 7.50. The Morgan fingerprint density at radius 1 is 1.29 bits per heavy atom. The van der Waals surface area contributed by atoms with Gasteiger partial charge in [-0.1, -0.05) is 30.3 Å². The highest BCUT2D eigenvalue weighted by Gasteiger charge is 2.35. The zero-order valence-electron chi connectivity index (χ0n) is 13.3. The van der Waals surface area contributed by atoms with Crippen LogP contribution in [0.1, 0.15) is 39.7 Å². The van der Waals surface area contributed by atoms with Gasteiger partial charge in [-0.2, -0.15) is 0 Å². The Balaban J connectivity index is 1.85. The fraction of sp³-hybridized carbons (Fsp3) is 0.588. The molecule has 0 aliphatic carbocycles. The molecule has 0 radical (unpaired) electrons. The molecule has 21 heavy (non-hydrogen) atoms. The Bertz CT molecular complexity index is 467. The van der Waals surface area contributed by atoms with Crippen LogP contribution in [0.15, 0.2) is 30.3 Å². The van der Waals surface area contributed by atoms with Gasteiger partial charge in [-0.3, -0.25) is 0 Å². The topological polar surface area (TPSA) is 38.8 Å². The highest BCUT2D eigenvalue weighted by atomic mass is 16.6. The lowest BCUT2D eigenvalue weighted by molar-refractivity contribution is -0.0539. The maximum Gasteiger partial charge on any atom is 0.410 e. The van der Waals surface area contributed by atoms with Crippen molar-refractivity contribution in [1.82, 2.24) is 4.90 Å². The largest absolute Gasteiger partial charge is 0.445 e. The van der Waals surface area contributed by atoms with Crippen LogP contribution in [0.25, 0.3) is 0 Å². The zero-order chi connectivity index (χ0) is 15.5. The molecule has 4 nitrogen and oxygen atoms in total. The van der Waals surface area contributed by atoms with E-state index in [4.69, 9.17) is 9.47 Å². The Labute approximate surface area is 127 Å². The SMILES string of the molecule is CC1CC(OC(C)(C)C)CN1C(=O)OCc1ccccc1. The summed E-state index contributed by atoms with van der Waals surface area (Å²) in [4.78, 5) is 14.0. The molecule has 0 N–H and O–H groups in total. The van der Waals surface area contributed by atoms with Crippen LogP contribution >= 0.6 is 0 Å². The highest BCUT2D eigenvalue weighted by Crippen LogP contribution is 2.25. The molecule has 1 aliphatic heterocycles. The quantitative estimate of drug-likeness (QED) is 0.854. The average molecular weight is 291 g/mol. The van der Waals surface area contributed by atoms with Crippen molar-refractivity contribution in [3.8, 4) is 0 Å². The van der Waals surface area contributed by atoms with Gasteiger partial charge < -0.3 is 14.4 Å². The Hall–Kier alpha value is -1.55. The third-order valence-electron chi connectivity index (χ3n) is 3.50. The van der Waals surface area contributed by atoms with E-state index in [0.29, 0.717) is 13.2 Å². The minimum absolute atomic E-state index is 0.0873. The van der Waals surface area contributed by atoms with Gasteiger partial charge in [0, 0.05) is 6.04 Å². The van der Waals surface area contributed by atoms with Gasteiger partial charge in [0.05, 0.1) is 18.2 Å².